The molecule has 0 aliphatic heterocycles. The molecule has 1 unspecified atom stereocenters. The Kier molecular flexibility index (Phi) is 7.47. The molecule has 1 N–H and O–H groups in total. The third kappa shape index (κ3) is 5.85. The fraction of sp³-hybridized carbons (Fsp3) is 0.450. The van der Waals surface area contributed by atoms with Crippen LogP contribution in [0.2, 0.25) is 0 Å². The van der Waals surface area contributed by atoms with Gasteiger partial charge in [-0.1, -0.05) is 20.8 Å². The molecule has 1 atom stereocenters. The van der Waals surface area contributed by atoms with Gasteiger partial charge in [-0.3, -0.25) is 14.2 Å². The predicted octanol–water partition coefficient (Wildman–Crippen LogP) is 3.39. The summed E-state index contributed by atoms with van der Waals surface area (Å²) in [5.74, 6) is 0.669. The van der Waals surface area contributed by atoms with Crippen LogP contribution in [0.4, 0.5) is 0 Å². The van der Waals surface area contributed by atoms with Crippen LogP contribution < -0.4 is 10.3 Å². The quantitative estimate of drug-likeness (QED) is 0.661. The largest absolute Gasteiger partial charge is 0.492 e. The Hall–Kier alpha value is -2.28. The molecule has 7 heteroatoms. The fourth-order valence-corrected chi connectivity index (χ4v) is 3.64. The highest BCUT2D eigenvalue weighted by Gasteiger charge is 2.22. The molecule has 0 radical (unpaired) electrons. The maximum atomic E-state index is 12.1. The van der Waals surface area contributed by atoms with E-state index >= 15 is 0 Å². The van der Waals surface area contributed by atoms with Crippen LogP contribution in [-0.4, -0.2) is 32.5 Å². The van der Waals surface area contributed by atoms with Gasteiger partial charge in [0.25, 0.3) is 5.56 Å². The number of hydrogen-bond donors (Lipinski definition) is 1. The summed E-state index contributed by atoms with van der Waals surface area (Å²) < 4.78 is 7.37. The van der Waals surface area contributed by atoms with Gasteiger partial charge in [-0.2, -0.15) is 0 Å². The standard InChI is InChI=1S/C20H26N2O4S/c1-5-17-21-14(4)12-18(23)22(17)10-11-26-15-6-8-16(9-7-15)27-19(13(2)3)20(24)25/h6-9,12-13,19H,5,10-11H2,1-4H3,(H,24,25). The number of aryl methyl sites for hydroxylation is 2. The molecule has 27 heavy (non-hydrogen) atoms. The highest BCUT2D eigenvalue weighted by atomic mass is 32.2. The second kappa shape index (κ2) is 9.60. The van der Waals surface area contributed by atoms with Gasteiger partial charge in [0.05, 0.1) is 6.54 Å². The van der Waals surface area contributed by atoms with E-state index < -0.39 is 11.2 Å². The van der Waals surface area contributed by atoms with E-state index in [2.05, 4.69) is 4.98 Å². The number of carboxylic acid groups (broad SMARTS) is 1. The molecule has 0 aliphatic rings. The first-order valence-electron chi connectivity index (χ1n) is 9.01. The van der Waals surface area contributed by atoms with Crippen LogP contribution in [0.15, 0.2) is 40.0 Å². The van der Waals surface area contributed by atoms with Crippen molar-refractivity contribution in [2.24, 2.45) is 5.92 Å². The molecule has 0 bridgehead atoms. The highest BCUT2D eigenvalue weighted by molar-refractivity contribution is 8.00. The second-order valence-corrected chi connectivity index (χ2v) is 7.81. The number of benzene rings is 1. The van der Waals surface area contributed by atoms with Crippen molar-refractivity contribution in [3.05, 3.63) is 52.2 Å². The second-order valence-electron chi connectivity index (χ2n) is 6.60. The number of thioether (sulfide) groups is 1. The van der Waals surface area contributed by atoms with Crippen molar-refractivity contribution in [1.29, 1.82) is 0 Å². The molecular weight excluding hydrogens is 364 g/mol. The zero-order valence-corrected chi connectivity index (χ0v) is 17.0. The van der Waals surface area contributed by atoms with Crippen LogP contribution in [0.1, 0.15) is 32.3 Å². The lowest BCUT2D eigenvalue weighted by Crippen LogP contribution is -2.27. The third-order valence-corrected chi connectivity index (χ3v) is 5.60. The first kappa shape index (κ1) is 21.0. The normalized spacial score (nSPS) is 12.2. The highest BCUT2D eigenvalue weighted by Crippen LogP contribution is 2.29. The van der Waals surface area contributed by atoms with Crippen molar-refractivity contribution in [3.63, 3.8) is 0 Å². The van der Waals surface area contributed by atoms with Gasteiger partial charge in [-0.25, -0.2) is 4.98 Å². The number of aromatic nitrogens is 2. The number of carbonyl (C=O) groups is 1. The average Bonchev–Trinajstić information content (AvgIpc) is 2.61. The Balaban J connectivity index is 1.96. The summed E-state index contributed by atoms with van der Waals surface area (Å²) in [6.45, 7) is 8.37. The van der Waals surface area contributed by atoms with E-state index in [0.717, 1.165) is 16.4 Å². The minimum absolute atomic E-state index is 0.0395. The van der Waals surface area contributed by atoms with Crippen LogP contribution in [0, 0.1) is 12.8 Å². The molecule has 0 spiro atoms. The van der Waals surface area contributed by atoms with Gasteiger partial charge < -0.3 is 9.84 Å². The molecule has 0 fully saturated rings. The minimum Gasteiger partial charge on any atom is -0.492 e. The lowest BCUT2D eigenvalue weighted by molar-refractivity contribution is -0.137. The van der Waals surface area contributed by atoms with Crippen molar-refractivity contribution >= 4 is 17.7 Å². The number of hydrogen-bond acceptors (Lipinski definition) is 5. The summed E-state index contributed by atoms with van der Waals surface area (Å²) in [7, 11) is 0. The number of aliphatic carboxylic acids is 1. The van der Waals surface area contributed by atoms with Crippen LogP contribution in [0.25, 0.3) is 0 Å². The zero-order chi connectivity index (χ0) is 20.0. The van der Waals surface area contributed by atoms with Crippen LogP contribution in [-0.2, 0) is 17.8 Å². The minimum atomic E-state index is -0.806. The van der Waals surface area contributed by atoms with E-state index in [1.165, 1.54) is 17.8 Å². The molecule has 146 valence electrons. The summed E-state index contributed by atoms with van der Waals surface area (Å²) in [6, 6.07) is 8.88. The molecule has 2 rings (SSSR count). The van der Waals surface area contributed by atoms with Crippen molar-refractivity contribution in [1.82, 2.24) is 9.55 Å². The molecule has 1 heterocycles. The monoisotopic (exact) mass is 390 g/mol. The van der Waals surface area contributed by atoms with E-state index in [1.54, 1.807) is 4.57 Å². The van der Waals surface area contributed by atoms with E-state index in [9.17, 15) is 14.7 Å². The summed E-state index contributed by atoms with van der Waals surface area (Å²) in [5, 5.41) is 8.81. The van der Waals surface area contributed by atoms with Crippen molar-refractivity contribution in [3.8, 4) is 5.75 Å². The lowest BCUT2D eigenvalue weighted by Gasteiger charge is -2.16. The van der Waals surface area contributed by atoms with E-state index in [1.807, 2.05) is 52.0 Å². The maximum absolute atomic E-state index is 12.1. The average molecular weight is 391 g/mol. The molecule has 1 aromatic heterocycles. The fourth-order valence-electron chi connectivity index (χ4n) is 2.68. The Labute approximate surface area is 163 Å². The van der Waals surface area contributed by atoms with Crippen LogP contribution in [0.5, 0.6) is 5.75 Å². The van der Waals surface area contributed by atoms with E-state index in [4.69, 9.17) is 4.74 Å². The zero-order valence-electron chi connectivity index (χ0n) is 16.1. The molecular formula is C20H26N2O4S. The summed E-state index contributed by atoms with van der Waals surface area (Å²) in [5.41, 5.74) is 0.659. The van der Waals surface area contributed by atoms with E-state index in [0.29, 0.717) is 25.3 Å². The first-order valence-corrected chi connectivity index (χ1v) is 9.89. The summed E-state index contributed by atoms with van der Waals surface area (Å²) in [6.07, 6.45) is 0.684. The number of ether oxygens (including phenoxy) is 1. The maximum Gasteiger partial charge on any atom is 0.317 e. The topological polar surface area (TPSA) is 81.4 Å². The van der Waals surface area contributed by atoms with Gasteiger partial charge >= 0.3 is 5.97 Å². The molecule has 0 aliphatic carbocycles. The molecule has 0 amide bonds. The Morgan fingerprint density at radius 3 is 2.52 bits per heavy atom. The smallest absolute Gasteiger partial charge is 0.317 e. The summed E-state index contributed by atoms with van der Waals surface area (Å²) >= 11 is 1.33. The first-order chi connectivity index (χ1) is 12.8. The molecule has 0 saturated carbocycles. The van der Waals surface area contributed by atoms with Crippen LogP contribution in [0.3, 0.4) is 0 Å². The van der Waals surface area contributed by atoms with Crippen molar-refractivity contribution in [2.45, 2.75) is 50.8 Å². The van der Waals surface area contributed by atoms with Crippen molar-refractivity contribution in [2.75, 3.05) is 6.61 Å². The molecule has 0 saturated heterocycles. The number of nitrogens with zero attached hydrogens (tertiary/aromatic N) is 2. The predicted molar refractivity (Wildman–Crippen MR) is 107 cm³/mol. The Bertz CT molecular complexity index is 831. The van der Waals surface area contributed by atoms with Gasteiger partial charge in [0.15, 0.2) is 0 Å². The lowest BCUT2D eigenvalue weighted by atomic mass is 10.1. The SMILES string of the molecule is CCc1nc(C)cc(=O)n1CCOc1ccc(SC(C(=O)O)C(C)C)cc1. The third-order valence-electron chi connectivity index (χ3n) is 4.05. The van der Waals surface area contributed by atoms with Gasteiger partial charge in [-0.15, -0.1) is 11.8 Å². The summed E-state index contributed by atoms with van der Waals surface area (Å²) in [4.78, 5) is 28.7. The Morgan fingerprint density at radius 1 is 1.30 bits per heavy atom. The van der Waals surface area contributed by atoms with Gasteiger partial charge in [-0.05, 0) is 37.1 Å². The van der Waals surface area contributed by atoms with Gasteiger partial charge in [0.2, 0.25) is 0 Å². The number of carboxylic acids is 1. The van der Waals surface area contributed by atoms with Crippen molar-refractivity contribution < 1.29 is 14.6 Å². The molecule has 6 nitrogen and oxygen atoms in total. The molecule has 2 aromatic rings. The van der Waals surface area contributed by atoms with Gasteiger partial charge in [0.1, 0.15) is 23.4 Å². The van der Waals surface area contributed by atoms with Crippen LogP contribution >= 0.6 is 11.8 Å². The van der Waals surface area contributed by atoms with E-state index in [-0.39, 0.29) is 11.5 Å². The Morgan fingerprint density at radius 2 is 1.96 bits per heavy atom. The molecule has 1 aromatic carbocycles. The van der Waals surface area contributed by atoms with Gasteiger partial charge in [0, 0.05) is 23.1 Å². The number of rotatable bonds is 9.